The number of anilines is 1. The van der Waals surface area contributed by atoms with Crippen molar-refractivity contribution in [3.05, 3.63) is 53.0 Å². The molecule has 4 heteroatoms. The van der Waals surface area contributed by atoms with Gasteiger partial charge < -0.3 is 5.32 Å². The smallest absolute Gasteiger partial charge is 0.162 e. The van der Waals surface area contributed by atoms with Gasteiger partial charge in [0.05, 0.1) is 5.52 Å². The maximum absolute atomic E-state index is 4.76. The van der Waals surface area contributed by atoms with Gasteiger partial charge in [-0.15, -0.1) is 0 Å². The highest BCUT2D eigenvalue weighted by atomic mass is 79.9. The van der Waals surface area contributed by atoms with Crippen LogP contribution in [0.4, 0.5) is 5.82 Å². The van der Waals surface area contributed by atoms with Gasteiger partial charge >= 0.3 is 0 Å². The summed E-state index contributed by atoms with van der Waals surface area (Å²) < 4.78 is 1.03. The van der Waals surface area contributed by atoms with Crippen LogP contribution in [-0.2, 0) is 0 Å². The lowest BCUT2D eigenvalue weighted by Gasteiger charge is -2.15. The van der Waals surface area contributed by atoms with Gasteiger partial charge in [0.1, 0.15) is 5.82 Å². The summed E-state index contributed by atoms with van der Waals surface area (Å²) in [5.74, 6) is 1.64. The highest BCUT2D eigenvalue weighted by Gasteiger charge is 2.11. The molecule has 0 saturated heterocycles. The number of halogens is 1. The third kappa shape index (κ3) is 3.12. The van der Waals surface area contributed by atoms with Crippen LogP contribution in [0.2, 0.25) is 0 Å². The Morgan fingerprint density at radius 2 is 1.91 bits per heavy atom. The fraction of sp³-hybridized carbons (Fsp3) is 0.222. The van der Waals surface area contributed by atoms with Crippen molar-refractivity contribution in [1.29, 1.82) is 0 Å². The number of fused-ring (bicyclic) bond motifs is 1. The molecule has 1 unspecified atom stereocenters. The van der Waals surface area contributed by atoms with Crippen LogP contribution in [0.15, 0.2) is 53.0 Å². The van der Waals surface area contributed by atoms with Crippen LogP contribution in [-0.4, -0.2) is 16.0 Å². The van der Waals surface area contributed by atoms with Crippen molar-refractivity contribution < 1.29 is 0 Å². The Hall–Kier alpha value is -1.94. The quantitative estimate of drug-likeness (QED) is 0.692. The summed E-state index contributed by atoms with van der Waals surface area (Å²) in [4.78, 5) is 9.47. The van der Waals surface area contributed by atoms with Crippen LogP contribution < -0.4 is 5.32 Å². The lowest BCUT2D eigenvalue weighted by molar-refractivity contribution is 0.760. The SMILES string of the molecule is CCC(C)Nc1nc(-c2cccc(Br)c2)nc2ccccc12. The molecule has 0 aliphatic carbocycles. The molecule has 1 heterocycles. The van der Waals surface area contributed by atoms with Gasteiger partial charge in [0.25, 0.3) is 0 Å². The molecule has 0 spiro atoms. The van der Waals surface area contributed by atoms with Gasteiger partial charge in [-0.05, 0) is 37.6 Å². The minimum atomic E-state index is 0.369. The second-order valence-electron chi connectivity index (χ2n) is 5.38. The van der Waals surface area contributed by atoms with Gasteiger partial charge in [-0.2, -0.15) is 0 Å². The van der Waals surface area contributed by atoms with Gasteiger partial charge in [0.2, 0.25) is 0 Å². The lowest BCUT2D eigenvalue weighted by atomic mass is 10.1. The number of nitrogens with zero attached hydrogens (tertiary/aromatic N) is 2. The third-order valence-electron chi connectivity index (χ3n) is 3.68. The maximum Gasteiger partial charge on any atom is 0.162 e. The van der Waals surface area contributed by atoms with Crippen LogP contribution in [0, 0.1) is 0 Å². The summed E-state index contributed by atoms with van der Waals surface area (Å²) in [6.07, 6.45) is 1.05. The third-order valence-corrected chi connectivity index (χ3v) is 4.17. The Morgan fingerprint density at radius 1 is 1.09 bits per heavy atom. The van der Waals surface area contributed by atoms with Crippen LogP contribution in [0.5, 0.6) is 0 Å². The highest BCUT2D eigenvalue weighted by Crippen LogP contribution is 2.26. The predicted molar refractivity (Wildman–Crippen MR) is 96.0 cm³/mol. The van der Waals surface area contributed by atoms with E-state index in [-0.39, 0.29) is 0 Å². The molecule has 0 aliphatic rings. The topological polar surface area (TPSA) is 37.8 Å². The number of para-hydroxylation sites is 1. The zero-order valence-corrected chi connectivity index (χ0v) is 14.3. The van der Waals surface area contributed by atoms with Crippen LogP contribution in [0.3, 0.4) is 0 Å². The van der Waals surface area contributed by atoms with E-state index >= 15 is 0 Å². The van der Waals surface area contributed by atoms with Crippen molar-refractivity contribution in [2.24, 2.45) is 0 Å². The second-order valence-corrected chi connectivity index (χ2v) is 6.29. The summed E-state index contributed by atoms with van der Waals surface area (Å²) in [7, 11) is 0. The first-order valence-corrected chi connectivity index (χ1v) is 8.26. The van der Waals surface area contributed by atoms with Crippen molar-refractivity contribution in [2.75, 3.05) is 5.32 Å². The zero-order chi connectivity index (χ0) is 15.5. The molecule has 0 fully saturated rings. The Balaban J connectivity index is 2.16. The molecular weight excluding hydrogens is 338 g/mol. The summed E-state index contributed by atoms with van der Waals surface area (Å²) in [5.41, 5.74) is 1.96. The van der Waals surface area contributed by atoms with E-state index in [4.69, 9.17) is 9.97 Å². The van der Waals surface area contributed by atoms with E-state index in [0.717, 1.165) is 39.0 Å². The monoisotopic (exact) mass is 355 g/mol. The molecule has 0 radical (unpaired) electrons. The standard InChI is InChI=1S/C18H18BrN3/c1-3-12(2)20-18-15-9-4-5-10-16(15)21-17(22-18)13-7-6-8-14(19)11-13/h4-12H,3H2,1-2H3,(H,20,21,22). The molecule has 0 amide bonds. The van der Waals surface area contributed by atoms with Crippen molar-refractivity contribution in [2.45, 2.75) is 26.3 Å². The molecule has 0 bridgehead atoms. The minimum Gasteiger partial charge on any atom is -0.367 e. The van der Waals surface area contributed by atoms with E-state index in [9.17, 15) is 0 Å². The van der Waals surface area contributed by atoms with E-state index in [2.05, 4.69) is 41.2 Å². The first kappa shape index (κ1) is 15.0. The number of hydrogen-bond donors (Lipinski definition) is 1. The van der Waals surface area contributed by atoms with Crippen LogP contribution in [0.25, 0.3) is 22.3 Å². The normalized spacial score (nSPS) is 12.3. The first-order chi connectivity index (χ1) is 10.7. The Bertz CT molecular complexity index is 801. The lowest BCUT2D eigenvalue weighted by Crippen LogP contribution is -2.15. The average Bonchev–Trinajstić information content (AvgIpc) is 2.54. The van der Waals surface area contributed by atoms with Crippen LogP contribution >= 0.6 is 15.9 Å². The zero-order valence-electron chi connectivity index (χ0n) is 12.7. The summed E-state index contributed by atoms with van der Waals surface area (Å²) in [6, 6.07) is 16.6. The summed E-state index contributed by atoms with van der Waals surface area (Å²) in [6.45, 7) is 4.33. The van der Waals surface area contributed by atoms with Gasteiger partial charge in [-0.25, -0.2) is 9.97 Å². The predicted octanol–water partition coefficient (Wildman–Crippen LogP) is 5.27. The Morgan fingerprint density at radius 3 is 2.68 bits per heavy atom. The van der Waals surface area contributed by atoms with Crippen molar-refractivity contribution in [3.8, 4) is 11.4 Å². The number of rotatable bonds is 4. The highest BCUT2D eigenvalue weighted by molar-refractivity contribution is 9.10. The number of benzene rings is 2. The number of aromatic nitrogens is 2. The number of nitrogens with one attached hydrogen (secondary N) is 1. The Kier molecular flexibility index (Phi) is 4.39. The van der Waals surface area contributed by atoms with Crippen molar-refractivity contribution >= 4 is 32.7 Å². The summed E-state index contributed by atoms with van der Waals surface area (Å²) in [5, 5.41) is 4.55. The molecule has 1 aromatic heterocycles. The van der Waals surface area contributed by atoms with E-state index < -0.39 is 0 Å². The Labute approximate surface area is 138 Å². The fourth-order valence-corrected chi connectivity index (χ4v) is 2.68. The maximum atomic E-state index is 4.76. The first-order valence-electron chi connectivity index (χ1n) is 7.46. The molecule has 2 aromatic carbocycles. The molecule has 1 N–H and O–H groups in total. The molecule has 3 nitrogen and oxygen atoms in total. The molecule has 0 saturated carbocycles. The molecular formula is C18H18BrN3. The molecule has 3 aromatic rings. The molecule has 22 heavy (non-hydrogen) atoms. The molecule has 3 rings (SSSR count). The average molecular weight is 356 g/mol. The van der Waals surface area contributed by atoms with E-state index in [1.54, 1.807) is 0 Å². The van der Waals surface area contributed by atoms with E-state index in [1.807, 2.05) is 42.5 Å². The van der Waals surface area contributed by atoms with Crippen molar-refractivity contribution in [1.82, 2.24) is 9.97 Å². The molecule has 0 aliphatic heterocycles. The number of hydrogen-bond acceptors (Lipinski definition) is 3. The van der Waals surface area contributed by atoms with E-state index in [0.29, 0.717) is 6.04 Å². The van der Waals surface area contributed by atoms with E-state index in [1.165, 1.54) is 0 Å². The van der Waals surface area contributed by atoms with Crippen molar-refractivity contribution in [3.63, 3.8) is 0 Å². The van der Waals surface area contributed by atoms with Gasteiger partial charge in [0.15, 0.2) is 5.82 Å². The molecule has 112 valence electrons. The van der Waals surface area contributed by atoms with Crippen LogP contribution in [0.1, 0.15) is 20.3 Å². The largest absolute Gasteiger partial charge is 0.367 e. The second kappa shape index (κ2) is 6.44. The van der Waals surface area contributed by atoms with Gasteiger partial charge in [-0.1, -0.05) is 47.1 Å². The minimum absolute atomic E-state index is 0.369. The van der Waals surface area contributed by atoms with Gasteiger partial charge in [0, 0.05) is 21.5 Å². The summed E-state index contributed by atoms with van der Waals surface area (Å²) >= 11 is 3.51. The van der Waals surface area contributed by atoms with Gasteiger partial charge in [-0.3, -0.25) is 0 Å². The fourth-order valence-electron chi connectivity index (χ4n) is 2.28. The molecule has 1 atom stereocenters.